The molecule has 0 bridgehead atoms. The molecular formula is C44H28O. The Hall–Kier alpha value is -5.92. The van der Waals surface area contributed by atoms with Crippen molar-refractivity contribution in [2.24, 2.45) is 0 Å². The molecule has 0 fully saturated rings. The van der Waals surface area contributed by atoms with E-state index in [1.54, 1.807) is 0 Å². The maximum atomic E-state index is 9.55. The first-order chi connectivity index (χ1) is 32.7. The van der Waals surface area contributed by atoms with Gasteiger partial charge in [0.15, 0.2) is 0 Å². The third-order valence-electron chi connectivity index (χ3n) is 7.33. The minimum absolute atomic E-state index is 0.0998. The summed E-state index contributed by atoms with van der Waals surface area (Å²) in [5.41, 5.74) is -3.68. The fraction of sp³-hybridized carbons (Fsp3) is 0. The van der Waals surface area contributed by atoms with Gasteiger partial charge in [-0.15, -0.1) is 0 Å². The number of hydrogen-bond acceptors (Lipinski definition) is 1. The van der Waals surface area contributed by atoms with Crippen molar-refractivity contribution >= 4 is 43.3 Å². The normalized spacial score (nSPS) is 19.3. The number of hydrogen-bond donors (Lipinski definition) is 0. The fourth-order valence-electron chi connectivity index (χ4n) is 5.47. The Kier molecular flexibility index (Phi) is 2.51. The van der Waals surface area contributed by atoms with E-state index in [0.717, 1.165) is 0 Å². The average Bonchev–Trinajstić information content (AvgIpc) is 3.70. The Morgan fingerprint density at radius 1 is 0.378 bits per heavy atom. The van der Waals surface area contributed by atoms with Gasteiger partial charge >= 0.3 is 0 Å². The van der Waals surface area contributed by atoms with Crippen LogP contribution in [0.2, 0.25) is 0 Å². The second kappa shape index (κ2) is 10.4. The van der Waals surface area contributed by atoms with Crippen LogP contribution in [0.3, 0.4) is 0 Å². The fourth-order valence-corrected chi connectivity index (χ4v) is 5.47. The minimum Gasteiger partial charge on any atom is -0.455 e. The maximum Gasteiger partial charge on any atom is 0.143 e. The third kappa shape index (κ3) is 4.17. The molecule has 1 heteroatoms. The number of benzene rings is 8. The van der Waals surface area contributed by atoms with Crippen LogP contribution in [0.25, 0.3) is 88.0 Å². The molecule has 9 rings (SSSR count). The second-order valence-corrected chi connectivity index (χ2v) is 9.77. The monoisotopic (exact) mass is 597 g/mol. The van der Waals surface area contributed by atoms with Crippen LogP contribution in [-0.2, 0) is 0 Å². The predicted molar refractivity (Wildman–Crippen MR) is 190 cm³/mol. The van der Waals surface area contributed by atoms with Crippen molar-refractivity contribution in [3.8, 4) is 44.7 Å². The zero-order valence-electron chi connectivity index (χ0n) is 47.6. The first-order valence-electron chi connectivity index (χ1n) is 25.9. The van der Waals surface area contributed by atoms with Crippen LogP contribution in [0.4, 0.5) is 0 Å². The lowest BCUT2D eigenvalue weighted by Crippen LogP contribution is -1.91. The summed E-state index contributed by atoms with van der Waals surface area (Å²) in [5.74, 6) is -0.635. The maximum absolute atomic E-state index is 9.55. The molecule has 45 heavy (non-hydrogen) atoms. The topological polar surface area (TPSA) is 13.1 Å². The molecular weight excluding hydrogens is 544 g/mol. The minimum atomic E-state index is -0.933. The van der Waals surface area contributed by atoms with E-state index in [9.17, 15) is 8.22 Å². The van der Waals surface area contributed by atoms with Crippen molar-refractivity contribution in [1.82, 2.24) is 0 Å². The van der Waals surface area contributed by atoms with Gasteiger partial charge in [0.05, 0.1) is 34.3 Å². The quantitative estimate of drug-likeness (QED) is 0.184. The molecule has 0 spiro atoms. The molecule has 8 aromatic carbocycles. The van der Waals surface area contributed by atoms with E-state index >= 15 is 0 Å². The summed E-state index contributed by atoms with van der Waals surface area (Å²) in [4.78, 5) is 0. The van der Waals surface area contributed by atoms with Crippen LogP contribution >= 0.6 is 0 Å². The van der Waals surface area contributed by atoms with Gasteiger partial charge in [0.2, 0.25) is 0 Å². The van der Waals surface area contributed by atoms with Crippen LogP contribution in [0.5, 0.6) is 0 Å². The van der Waals surface area contributed by atoms with E-state index in [0.29, 0.717) is 0 Å². The average molecular weight is 598 g/mol. The van der Waals surface area contributed by atoms with Gasteiger partial charge in [-0.3, -0.25) is 0 Å². The van der Waals surface area contributed by atoms with Crippen molar-refractivity contribution < 1.29 is 38.7 Å². The first kappa shape index (κ1) is 10.9. The van der Waals surface area contributed by atoms with E-state index in [1.807, 2.05) is 0 Å². The van der Waals surface area contributed by atoms with Crippen molar-refractivity contribution in [3.05, 3.63) is 169 Å². The molecule has 210 valence electrons. The van der Waals surface area contributed by atoms with Crippen molar-refractivity contribution in [3.63, 3.8) is 0 Å². The van der Waals surface area contributed by atoms with E-state index in [2.05, 4.69) is 0 Å². The van der Waals surface area contributed by atoms with Crippen molar-refractivity contribution in [1.29, 1.82) is 0 Å². The lowest BCUT2D eigenvalue weighted by Gasteiger charge is -2.18. The van der Waals surface area contributed by atoms with Crippen molar-refractivity contribution in [2.75, 3.05) is 0 Å². The van der Waals surface area contributed by atoms with E-state index in [1.165, 1.54) is 18.2 Å². The van der Waals surface area contributed by atoms with Crippen molar-refractivity contribution in [2.45, 2.75) is 0 Å². The van der Waals surface area contributed by atoms with Crippen LogP contribution in [0.15, 0.2) is 174 Å². The zero-order chi connectivity index (χ0) is 51.5. The molecule has 0 atom stereocenters. The van der Waals surface area contributed by atoms with E-state index in [4.69, 9.17) is 30.5 Å². The van der Waals surface area contributed by atoms with E-state index in [-0.39, 0.29) is 22.1 Å². The summed E-state index contributed by atoms with van der Waals surface area (Å²) in [6.45, 7) is 0. The van der Waals surface area contributed by atoms with Gasteiger partial charge < -0.3 is 4.42 Å². The summed E-state index contributed by atoms with van der Waals surface area (Å²) < 4.78 is 228. The van der Waals surface area contributed by atoms with Gasteiger partial charge in [-0.25, -0.2) is 0 Å². The second-order valence-electron chi connectivity index (χ2n) is 9.77. The Morgan fingerprint density at radius 3 is 1.60 bits per heavy atom. The molecule has 1 nitrogen and oxygen atoms in total. The molecule has 1 heterocycles. The summed E-state index contributed by atoms with van der Waals surface area (Å²) in [5, 5.41) is -3.78. The zero-order valence-corrected chi connectivity index (χ0v) is 22.6. The summed E-state index contributed by atoms with van der Waals surface area (Å²) in [6, 6.07) is -17.3. The molecule has 0 unspecified atom stereocenters. The molecule has 0 saturated carbocycles. The first-order valence-corrected chi connectivity index (χ1v) is 13.4. The summed E-state index contributed by atoms with van der Waals surface area (Å²) >= 11 is 0. The van der Waals surface area contributed by atoms with Gasteiger partial charge in [0, 0.05) is 22.1 Å². The highest BCUT2D eigenvalue weighted by atomic mass is 16.3. The Bertz CT molecular complexity index is 3810. The van der Waals surface area contributed by atoms with Gasteiger partial charge in [-0.05, 0) is 72.7 Å². The molecule has 0 radical (unpaired) electrons. The van der Waals surface area contributed by atoms with Gasteiger partial charge in [0.1, 0.15) is 11.3 Å². The number of fused-ring (bicyclic) bond motifs is 4. The summed E-state index contributed by atoms with van der Waals surface area (Å²) in [6.07, 6.45) is 0. The predicted octanol–water partition coefficient (Wildman–Crippen LogP) is 12.6. The van der Waals surface area contributed by atoms with Crippen LogP contribution in [-0.4, -0.2) is 0 Å². The Balaban J connectivity index is 1.66. The van der Waals surface area contributed by atoms with Gasteiger partial charge in [-0.2, -0.15) is 0 Å². The van der Waals surface area contributed by atoms with Crippen LogP contribution in [0.1, 0.15) is 34.3 Å². The molecule has 0 aliphatic rings. The third-order valence-corrected chi connectivity index (χ3v) is 7.33. The van der Waals surface area contributed by atoms with Gasteiger partial charge in [0.25, 0.3) is 0 Å². The Morgan fingerprint density at radius 2 is 0.933 bits per heavy atom. The standard InChI is InChI=1S/C44H28O/c1-3-13-29(14-4-1)33-25-26-40-39(28-33)43(44(45-40)34-24-23-30-15-7-8-18-32(30)27-34)42-37-21-11-9-19-35(37)41(31-16-5-2-6-17-31)36-20-10-12-22-38(36)42/h1-28H/i1D,2D,3D,4D,5D,6D,7D,8D,9D,10D,11D,12D,13D,14D,15D,16D,17D,18D,19D,20D,21D,22D,23D,24D,27D. The van der Waals surface area contributed by atoms with Gasteiger partial charge in [-0.1, -0.05) is 151 Å². The lowest BCUT2D eigenvalue weighted by molar-refractivity contribution is 0.632. The highest BCUT2D eigenvalue weighted by molar-refractivity contribution is 6.25. The van der Waals surface area contributed by atoms with Crippen LogP contribution in [0, 0.1) is 0 Å². The smallest absolute Gasteiger partial charge is 0.143 e. The van der Waals surface area contributed by atoms with Crippen LogP contribution < -0.4 is 0 Å². The van der Waals surface area contributed by atoms with E-state index < -0.39 is 217 Å². The highest BCUT2D eigenvalue weighted by Crippen LogP contribution is 2.50. The molecule has 9 aromatic rings. The molecule has 0 aliphatic heterocycles. The summed E-state index contributed by atoms with van der Waals surface area (Å²) in [7, 11) is 0. The molecule has 0 aliphatic carbocycles. The lowest BCUT2D eigenvalue weighted by atomic mass is 9.84. The molecule has 0 amide bonds. The molecule has 0 saturated heterocycles. The largest absolute Gasteiger partial charge is 0.455 e. The Labute approximate surface area is 296 Å². The molecule has 1 aromatic heterocycles. The highest BCUT2D eigenvalue weighted by Gasteiger charge is 2.24. The number of rotatable bonds is 4. The number of furan rings is 1. The molecule has 0 N–H and O–H groups in total. The SMILES string of the molecule is [2H]c1c([2H])c([2H])c(-c2ccc3oc(-c4c([2H])c([2H])c5c([2H])c([2H])c([2H])c([2H])c5c4[2H])c(-c4c5c([2H])c([2H])c([2H])c([2H])c5c(-c5c([2H])c([2H])c([2H])c([2H])c5[2H])c5c([2H])c([2H])c([2H])c([2H])c45)c3c2)c([2H])c1[2H].